The van der Waals surface area contributed by atoms with Crippen LogP contribution < -0.4 is 19.2 Å². The van der Waals surface area contributed by atoms with Gasteiger partial charge in [-0.2, -0.15) is 44.2 Å². The van der Waals surface area contributed by atoms with Crippen molar-refractivity contribution < 1.29 is 63.4 Å². The zero-order valence-electron chi connectivity index (χ0n) is 26.2. The van der Waals surface area contributed by atoms with Gasteiger partial charge in [0.05, 0.1) is 29.3 Å². The van der Waals surface area contributed by atoms with E-state index in [9.17, 15) is 49.1 Å². The van der Waals surface area contributed by atoms with Crippen LogP contribution in [0.1, 0.15) is 11.3 Å². The summed E-state index contributed by atoms with van der Waals surface area (Å²) in [6, 6.07) is 12.7. The summed E-state index contributed by atoms with van der Waals surface area (Å²) in [4.78, 5) is 35.9. The molecule has 3 heterocycles. The number of hydrogen-bond donors (Lipinski definition) is 1. The molecule has 0 atom stereocenters. The van der Waals surface area contributed by atoms with Crippen molar-refractivity contribution in [2.24, 2.45) is 0 Å². The van der Waals surface area contributed by atoms with E-state index in [-0.39, 0.29) is 34.3 Å². The molecule has 1 fully saturated rings. The molecule has 0 amide bonds. The molecule has 0 spiro atoms. The number of fused-ring (bicyclic) bond motifs is 2. The molecular formula is C33H25F9N4O5. The highest BCUT2D eigenvalue weighted by molar-refractivity contribution is 6.04. The summed E-state index contributed by atoms with van der Waals surface area (Å²) in [7, 11) is 0.971. The fourth-order valence-corrected chi connectivity index (χ4v) is 6.02. The molecule has 0 saturated carbocycles. The number of rotatable bonds is 7. The Morgan fingerprint density at radius 1 is 0.804 bits per heavy atom. The lowest BCUT2D eigenvalue weighted by atomic mass is 9.99. The van der Waals surface area contributed by atoms with E-state index in [2.05, 4.69) is 14.6 Å². The van der Waals surface area contributed by atoms with Crippen LogP contribution in [0.15, 0.2) is 66.9 Å². The molecule has 5 aromatic rings. The van der Waals surface area contributed by atoms with Crippen molar-refractivity contribution >= 4 is 39.4 Å². The van der Waals surface area contributed by atoms with Crippen LogP contribution in [0, 0.1) is 0 Å². The van der Waals surface area contributed by atoms with Gasteiger partial charge in [0, 0.05) is 61.1 Å². The standard InChI is InChI=1S/C33H25F9N4O5/c1-49-28-25(50-29(47)32(37,38)39)10-9-23-27(28)26(18-5-7-19(8-6-18)31(34,35)36)24(46(23)51-30(48)33(40,41)42)17-44-13-15-45(16-14-44)22-4-2-3-21-20(22)11-12-43-21/h2-12,43H,13-17H2,1H3. The van der Waals surface area contributed by atoms with Crippen LogP contribution in [-0.2, 0) is 22.3 Å². The molecule has 2 aromatic heterocycles. The summed E-state index contributed by atoms with van der Waals surface area (Å²) in [5.41, 5.74) is 0.0367. The van der Waals surface area contributed by atoms with Crippen LogP contribution in [0.5, 0.6) is 11.5 Å². The predicted molar refractivity (Wildman–Crippen MR) is 164 cm³/mol. The van der Waals surface area contributed by atoms with Gasteiger partial charge in [0.1, 0.15) is 0 Å². The first-order valence-electron chi connectivity index (χ1n) is 15.0. The van der Waals surface area contributed by atoms with Gasteiger partial charge in [0.15, 0.2) is 11.5 Å². The number of nitrogens with zero attached hydrogens (tertiary/aromatic N) is 3. The largest absolute Gasteiger partial charge is 0.493 e. The third kappa shape index (κ3) is 6.99. The number of H-pyrrole nitrogens is 1. The van der Waals surface area contributed by atoms with Crippen molar-refractivity contribution in [2.45, 2.75) is 25.1 Å². The van der Waals surface area contributed by atoms with E-state index in [0.29, 0.717) is 43.0 Å². The van der Waals surface area contributed by atoms with Crippen molar-refractivity contribution in [1.29, 1.82) is 0 Å². The van der Waals surface area contributed by atoms with Gasteiger partial charge >= 0.3 is 30.5 Å². The first-order chi connectivity index (χ1) is 24.0. The van der Waals surface area contributed by atoms with Gasteiger partial charge in [0.2, 0.25) is 0 Å². The van der Waals surface area contributed by atoms with Gasteiger partial charge in [-0.15, -0.1) is 0 Å². The molecule has 3 aromatic carbocycles. The number of ether oxygens (including phenoxy) is 2. The quantitative estimate of drug-likeness (QED) is 0.109. The molecule has 0 unspecified atom stereocenters. The number of alkyl halides is 9. The number of carbonyl (C=O) groups excluding carboxylic acids is 2. The highest BCUT2D eigenvalue weighted by atomic mass is 19.4. The van der Waals surface area contributed by atoms with Gasteiger partial charge in [-0.1, -0.05) is 18.2 Å². The maximum Gasteiger partial charge on any atom is 0.493 e. The molecular weight excluding hydrogens is 703 g/mol. The fourth-order valence-electron chi connectivity index (χ4n) is 6.02. The molecule has 0 bridgehead atoms. The van der Waals surface area contributed by atoms with Gasteiger partial charge in [-0.05, 0) is 48.0 Å². The molecule has 1 aliphatic heterocycles. The maximum atomic E-state index is 13.6. The summed E-state index contributed by atoms with van der Waals surface area (Å²) in [6.07, 6.45) is -13.9. The second-order valence-corrected chi connectivity index (χ2v) is 11.4. The van der Waals surface area contributed by atoms with Gasteiger partial charge in [-0.25, -0.2) is 9.59 Å². The molecule has 51 heavy (non-hydrogen) atoms. The molecule has 0 aliphatic carbocycles. The summed E-state index contributed by atoms with van der Waals surface area (Å²) in [5.74, 6) is -6.70. The first kappa shape index (κ1) is 35.4. The highest BCUT2D eigenvalue weighted by Crippen LogP contribution is 2.46. The smallest absolute Gasteiger partial charge is 0.492 e. The average molecular weight is 729 g/mol. The van der Waals surface area contributed by atoms with Crippen LogP contribution in [0.2, 0.25) is 0 Å². The normalized spacial score (nSPS) is 14.7. The second kappa shape index (κ2) is 13.1. The number of halogens is 9. The molecule has 1 N–H and O–H groups in total. The number of methoxy groups -OCH3 is 1. The van der Waals surface area contributed by atoms with Crippen molar-refractivity contribution in [3.05, 3.63) is 78.1 Å². The number of esters is 1. The number of benzene rings is 3. The number of carbonyl (C=O) groups is 2. The topological polar surface area (TPSA) is 89.0 Å². The van der Waals surface area contributed by atoms with Crippen molar-refractivity contribution in [2.75, 3.05) is 38.2 Å². The van der Waals surface area contributed by atoms with E-state index in [4.69, 9.17) is 9.57 Å². The average Bonchev–Trinajstić information content (AvgIpc) is 3.67. The third-order valence-corrected chi connectivity index (χ3v) is 8.31. The SMILES string of the molecule is COc1c(OC(=O)C(F)(F)F)ccc2c1c(-c1ccc(C(F)(F)F)cc1)c(CN1CCN(c3cccc4[nH]ccc34)CC1)n2OC(=O)C(F)(F)F. The Labute approximate surface area is 281 Å². The zero-order chi connectivity index (χ0) is 36.9. The van der Waals surface area contributed by atoms with Crippen molar-refractivity contribution in [3.8, 4) is 22.6 Å². The molecule has 1 aliphatic rings. The molecule has 1 saturated heterocycles. The first-order valence-corrected chi connectivity index (χ1v) is 15.0. The fraction of sp³-hybridized carbons (Fsp3) is 0.273. The minimum Gasteiger partial charge on any atom is -0.492 e. The van der Waals surface area contributed by atoms with E-state index < -0.39 is 47.5 Å². The van der Waals surface area contributed by atoms with Crippen molar-refractivity contribution in [1.82, 2.24) is 14.6 Å². The maximum absolute atomic E-state index is 13.6. The number of piperazine rings is 1. The Morgan fingerprint density at radius 3 is 2.08 bits per heavy atom. The molecule has 270 valence electrons. The number of nitrogens with one attached hydrogen (secondary N) is 1. The Bertz CT molecular complexity index is 2090. The Kier molecular flexibility index (Phi) is 9.07. The summed E-state index contributed by atoms with van der Waals surface area (Å²) in [6.45, 7) is 1.24. The predicted octanol–water partition coefficient (Wildman–Crippen LogP) is 7.12. The monoisotopic (exact) mass is 728 g/mol. The Balaban J connectivity index is 1.49. The molecule has 9 nitrogen and oxygen atoms in total. The number of anilines is 1. The third-order valence-electron chi connectivity index (χ3n) is 8.31. The van der Waals surface area contributed by atoms with Gasteiger partial charge in [0.25, 0.3) is 0 Å². The van der Waals surface area contributed by atoms with Crippen LogP contribution in [0.25, 0.3) is 32.9 Å². The van der Waals surface area contributed by atoms with E-state index in [1.807, 2.05) is 24.3 Å². The zero-order valence-corrected chi connectivity index (χ0v) is 26.2. The summed E-state index contributed by atoms with van der Waals surface area (Å²) in [5, 5.41) is 0.663. The Morgan fingerprint density at radius 2 is 1.47 bits per heavy atom. The number of aromatic nitrogens is 2. The lowest BCUT2D eigenvalue weighted by Gasteiger charge is -2.36. The molecule has 18 heteroatoms. The second-order valence-electron chi connectivity index (χ2n) is 11.4. The molecule has 0 radical (unpaired) electrons. The van der Waals surface area contributed by atoms with Crippen LogP contribution in [0.3, 0.4) is 0 Å². The van der Waals surface area contributed by atoms with E-state index in [1.165, 1.54) is 0 Å². The minimum absolute atomic E-state index is 0.0554. The minimum atomic E-state index is -5.50. The summed E-state index contributed by atoms with van der Waals surface area (Å²) >= 11 is 0. The Hall–Kier alpha value is -5.39. The lowest BCUT2D eigenvalue weighted by molar-refractivity contribution is -0.199. The molecule has 6 rings (SSSR count). The van der Waals surface area contributed by atoms with Crippen LogP contribution in [0.4, 0.5) is 45.2 Å². The van der Waals surface area contributed by atoms with Gasteiger partial charge < -0.3 is 24.2 Å². The van der Waals surface area contributed by atoms with E-state index in [0.717, 1.165) is 48.0 Å². The highest BCUT2D eigenvalue weighted by Gasteiger charge is 2.44. The van der Waals surface area contributed by atoms with Crippen LogP contribution in [-0.4, -0.2) is 72.2 Å². The van der Waals surface area contributed by atoms with Crippen LogP contribution >= 0.6 is 0 Å². The van der Waals surface area contributed by atoms with Gasteiger partial charge in [-0.3, -0.25) is 4.90 Å². The summed E-state index contributed by atoms with van der Waals surface area (Å²) < 4.78 is 131. The van der Waals surface area contributed by atoms with E-state index in [1.54, 1.807) is 11.1 Å². The van der Waals surface area contributed by atoms with E-state index >= 15 is 0 Å². The van der Waals surface area contributed by atoms with Crippen molar-refractivity contribution in [3.63, 3.8) is 0 Å². The number of hydrogen-bond acceptors (Lipinski definition) is 7. The number of aromatic amines is 1. The lowest BCUT2D eigenvalue weighted by Crippen LogP contribution is -2.46.